The zero-order valence-corrected chi connectivity index (χ0v) is 15.3. The molecule has 3 rings (SSSR count). The van der Waals surface area contributed by atoms with E-state index in [1.165, 1.54) is 18.2 Å². The van der Waals surface area contributed by atoms with E-state index in [0.717, 1.165) is 17.7 Å². The molecule has 2 aromatic rings. The Morgan fingerprint density at radius 2 is 1.80 bits per heavy atom. The Labute approximate surface area is 156 Å². The van der Waals surface area contributed by atoms with Gasteiger partial charge in [0, 0.05) is 21.8 Å². The van der Waals surface area contributed by atoms with E-state index in [0.29, 0.717) is 10.0 Å². The van der Waals surface area contributed by atoms with E-state index in [2.05, 4.69) is 0 Å². The van der Waals surface area contributed by atoms with Crippen LogP contribution in [-0.4, -0.2) is 24.0 Å². The first-order valence-electron chi connectivity index (χ1n) is 7.95. The molecule has 25 heavy (non-hydrogen) atoms. The largest absolute Gasteiger partial charge is 0.449 e. The smallest absolute Gasteiger partial charge is 0.339 e. The Kier molecular flexibility index (Phi) is 5.02. The molecule has 0 spiro atoms. The van der Waals surface area contributed by atoms with Gasteiger partial charge in [-0.2, -0.15) is 0 Å². The molecule has 1 aliphatic heterocycles. The number of esters is 1. The first-order valence-corrected chi connectivity index (χ1v) is 8.70. The van der Waals surface area contributed by atoms with Crippen molar-refractivity contribution in [2.75, 3.05) is 4.90 Å². The summed E-state index contributed by atoms with van der Waals surface area (Å²) in [6, 6.07) is 12.2. The van der Waals surface area contributed by atoms with Gasteiger partial charge in [-0.3, -0.25) is 4.79 Å². The number of benzene rings is 2. The molecule has 130 valence electrons. The van der Waals surface area contributed by atoms with Gasteiger partial charge in [-0.25, -0.2) is 4.79 Å². The Hall–Kier alpha value is -2.04. The van der Waals surface area contributed by atoms with Crippen molar-refractivity contribution in [3.63, 3.8) is 0 Å². The van der Waals surface area contributed by atoms with Crippen LogP contribution in [0.1, 0.15) is 29.8 Å². The van der Waals surface area contributed by atoms with Gasteiger partial charge in [0.2, 0.25) is 0 Å². The third-order valence-electron chi connectivity index (χ3n) is 4.17. The lowest BCUT2D eigenvalue weighted by molar-refractivity contribution is -0.126. The Morgan fingerprint density at radius 1 is 1.16 bits per heavy atom. The highest BCUT2D eigenvalue weighted by atomic mass is 35.5. The first-order chi connectivity index (χ1) is 11.9. The molecule has 1 aliphatic rings. The summed E-state index contributed by atoms with van der Waals surface area (Å²) in [4.78, 5) is 26.8. The van der Waals surface area contributed by atoms with Crippen LogP contribution in [0.3, 0.4) is 0 Å². The quantitative estimate of drug-likeness (QED) is 0.738. The highest BCUT2D eigenvalue weighted by molar-refractivity contribution is 6.35. The average Bonchev–Trinajstić information content (AvgIpc) is 2.88. The van der Waals surface area contributed by atoms with Crippen LogP contribution in [0.15, 0.2) is 42.5 Å². The second kappa shape index (κ2) is 7.06. The van der Waals surface area contributed by atoms with Crippen LogP contribution in [0.25, 0.3) is 0 Å². The van der Waals surface area contributed by atoms with Crippen LogP contribution in [-0.2, 0) is 16.0 Å². The number of para-hydroxylation sites is 1. The second-order valence-corrected chi connectivity index (χ2v) is 6.97. The molecule has 0 saturated heterocycles. The van der Waals surface area contributed by atoms with Crippen LogP contribution in [0, 0.1) is 0 Å². The highest BCUT2D eigenvalue weighted by Gasteiger charge is 2.34. The van der Waals surface area contributed by atoms with Crippen LogP contribution >= 0.6 is 23.2 Å². The van der Waals surface area contributed by atoms with Gasteiger partial charge in [-0.05, 0) is 50.1 Å². The molecule has 0 aliphatic carbocycles. The molecule has 0 N–H and O–H groups in total. The molecule has 0 radical (unpaired) electrons. The van der Waals surface area contributed by atoms with E-state index in [4.69, 9.17) is 27.9 Å². The molecule has 0 aromatic heterocycles. The van der Waals surface area contributed by atoms with Crippen molar-refractivity contribution in [2.24, 2.45) is 0 Å². The monoisotopic (exact) mass is 377 g/mol. The predicted molar refractivity (Wildman–Crippen MR) is 98.4 cm³/mol. The van der Waals surface area contributed by atoms with Crippen molar-refractivity contribution in [1.82, 2.24) is 0 Å². The van der Waals surface area contributed by atoms with Crippen molar-refractivity contribution >= 4 is 40.8 Å². The molecule has 0 bridgehead atoms. The highest BCUT2D eigenvalue weighted by Crippen LogP contribution is 2.32. The van der Waals surface area contributed by atoms with Gasteiger partial charge in [0.15, 0.2) is 6.10 Å². The number of amides is 1. The van der Waals surface area contributed by atoms with Crippen LogP contribution in [0.2, 0.25) is 10.0 Å². The van der Waals surface area contributed by atoms with Gasteiger partial charge in [-0.1, -0.05) is 41.4 Å². The standard InChI is InChI=1S/C19H17Cl2NO3/c1-11-7-13-5-3-4-6-17(13)22(11)18(23)12(2)25-19(24)14-8-15(20)10-16(21)9-14/h3-6,8-12H,7H2,1-2H3/t11-,12+/m1/s1. The number of nitrogens with zero attached hydrogens (tertiary/aromatic N) is 1. The third-order valence-corrected chi connectivity index (χ3v) is 4.61. The van der Waals surface area contributed by atoms with Crippen LogP contribution in [0.5, 0.6) is 0 Å². The van der Waals surface area contributed by atoms with Crippen molar-refractivity contribution in [2.45, 2.75) is 32.4 Å². The van der Waals surface area contributed by atoms with E-state index in [9.17, 15) is 9.59 Å². The number of hydrogen-bond donors (Lipinski definition) is 0. The molecule has 0 fully saturated rings. The summed E-state index contributed by atoms with van der Waals surface area (Å²) in [5.41, 5.74) is 2.20. The average molecular weight is 378 g/mol. The minimum absolute atomic E-state index is 0.0201. The number of carbonyl (C=O) groups excluding carboxylic acids is 2. The van der Waals surface area contributed by atoms with E-state index in [1.807, 2.05) is 31.2 Å². The lowest BCUT2D eigenvalue weighted by Crippen LogP contribution is -2.43. The van der Waals surface area contributed by atoms with Gasteiger partial charge < -0.3 is 9.64 Å². The summed E-state index contributed by atoms with van der Waals surface area (Å²) in [5.74, 6) is -0.885. The predicted octanol–water partition coefficient (Wildman–Crippen LogP) is 4.52. The zero-order valence-electron chi connectivity index (χ0n) is 13.8. The summed E-state index contributed by atoms with van der Waals surface area (Å²) in [6.07, 6.45) is -0.134. The number of halogens is 2. The maximum atomic E-state index is 12.8. The van der Waals surface area contributed by atoms with E-state index >= 15 is 0 Å². The molecule has 0 unspecified atom stereocenters. The first kappa shape index (κ1) is 17.8. The van der Waals surface area contributed by atoms with Crippen molar-refractivity contribution in [3.05, 3.63) is 63.6 Å². The summed E-state index contributed by atoms with van der Waals surface area (Å²) in [7, 11) is 0. The third kappa shape index (κ3) is 3.65. The molecule has 6 heteroatoms. The maximum Gasteiger partial charge on any atom is 0.339 e. The summed E-state index contributed by atoms with van der Waals surface area (Å²) in [5, 5.41) is 0.668. The number of fused-ring (bicyclic) bond motifs is 1. The van der Waals surface area contributed by atoms with Crippen LogP contribution in [0.4, 0.5) is 5.69 Å². The fourth-order valence-electron chi connectivity index (χ4n) is 3.05. The van der Waals surface area contributed by atoms with Gasteiger partial charge >= 0.3 is 5.97 Å². The minimum Gasteiger partial charge on any atom is -0.449 e. The van der Waals surface area contributed by atoms with Gasteiger partial charge in [-0.15, -0.1) is 0 Å². The molecular formula is C19H17Cl2NO3. The number of rotatable bonds is 3. The van der Waals surface area contributed by atoms with Crippen molar-refractivity contribution < 1.29 is 14.3 Å². The molecule has 2 atom stereocenters. The van der Waals surface area contributed by atoms with Gasteiger partial charge in [0.1, 0.15) is 0 Å². The number of ether oxygens (including phenoxy) is 1. The zero-order chi connectivity index (χ0) is 18.1. The normalized spacial score (nSPS) is 17.1. The second-order valence-electron chi connectivity index (χ2n) is 6.10. The topological polar surface area (TPSA) is 46.6 Å². The SMILES string of the molecule is C[C@H](OC(=O)c1cc(Cl)cc(Cl)c1)C(=O)N1c2ccccc2C[C@H]1C. The Bertz CT molecular complexity index is 817. The lowest BCUT2D eigenvalue weighted by Gasteiger charge is -2.26. The molecular weight excluding hydrogens is 361 g/mol. The van der Waals surface area contributed by atoms with E-state index < -0.39 is 12.1 Å². The van der Waals surface area contributed by atoms with Crippen LogP contribution < -0.4 is 4.90 Å². The Balaban J connectivity index is 1.76. The fourth-order valence-corrected chi connectivity index (χ4v) is 3.57. The number of carbonyl (C=O) groups is 2. The summed E-state index contributed by atoms with van der Waals surface area (Å²) >= 11 is 11.8. The minimum atomic E-state index is -0.918. The molecule has 4 nitrogen and oxygen atoms in total. The number of anilines is 1. The Morgan fingerprint density at radius 3 is 2.48 bits per heavy atom. The molecule has 2 aromatic carbocycles. The lowest BCUT2D eigenvalue weighted by atomic mass is 10.1. The van der Waals surface area contributed by atoms with Gasteiger partial charge in [0.25, 0.3) is 5.91 Å². The van der Waals surface area contributed by atoms with Crippen molar-refractivity contribution in [3.8, 4) is 0 Å². The fraction of sp³-hybridized carbons (Fsp3) is 0.263. The van der Waals surface area contributed by atoms with Crippen molar-refractivity contribution in [1.29, 1.82) is 0 Å². The molecule has 1 heterocycles. The van der Waals surface area contributed by atoms with E-state index in [-0.39, 0.29) is 17.5 Å². The van der Waals surface area contributed by atoms with E-state index in [1.54, 1.807) is 11.8 Å². The molecule has 0 saturated carbocycles. The summed E-state index contributed by atoms with van der Waals surface area (Å²) < 4.78 is 5.34. The maximum absolute atomic E-state index is 12.8. The molecule has 1 amide bonds. The number of hydrogen-bond acceptors (Lipinski definition) is 3. The van der Waals surface area contributed by atoms with Gasteiger partial charge in [0.05, 0.1) is 5.56 Å². The summed E-state index contributed by atoms with van der Waals surface area (Å²) in [6.45, 7) is 3.54.